The first-order valence-electron chi connectivity index (χ1n) is 8.84. The molecule has 168 valence electrons. The molecule has 31 heavy (non-hydrogen) atoms. The molecule has 0 saturated carbocycles. The average Bonchev–Trinajstić information content (AvgIpc) is 3.27. The van der Waals surface area contributed by atoms with Crippen LogP contribution in [0, 0.1) is 6.92 Å². The van der Waals surface area contributed by atoms with Gasteiger partial charge in [-0.25, -0.2) is 27.1 Å². The number of fused-ring (bicyclic) bond motifs is 1. The highest BCUT2D eigenvalue weighted by Gasteiger charge is 2.34. The van der Waals surface area contributed by atoms with Crippen LogP contribution in [0.5, 0.6) is 0 Å². The molecule has 7 nitrogen and oxygen atoms in total. The Labute approximate surface area is 169 Å². The summed E-state index contributed by atoms with van der Waals surface area (Å²) in [6.07, 6.45) is -10.6. The van der Waals surface area contributed by atoms with Crippen LogP contribution in [0.3, 0.4) is 0 Å². The maximum atomic E-state index is 13.2. The number of aromatic nitrogens is 5. The molecule has 1 N–H and O–H groups in total. The predicted molar refractivity (Wildman–Crippen MR) is 91.8 cm³/mol. The Hall–Kier alpha value is -3.19. The van der Waals surface area contributed by atoms with Gasteiger partial charge in [0.1, 0.15) is 11.4 Å². The van der Waals surface area contributed by atoms with Crippen molar-refractivity contribution in [3.63, 3.8) is 0 Å². The lowest BCUT2D eigenvalue weighted by atomic mass is 10.3. The molecular weight excluding hydrogens is 437 g/mol. The van der Waals surface area contributed by atoms with Gasteiger partial charge in [-0.05, 0) is 25.5 Å². The summed E-state index contributed by atoms with van der Waals surface area (Å²) in [4.78, 5) is 15.7. The van der Waals surface area contributed by atoms with Crippen molar-refractivity contribution < 1.29 is 35.5 Å². The molecule has 0 aliphatic rings. The molecule has 3 heterocycles. The molecule has 0 aromatic carbocycles. The summed E-state index contributed by atoms with van der Waals surface area (Å²) in [5, 5.41) is 9.58. The fraction of sp³-hybridized carbons (Fsp3) is 0.412. The summed E-state index contributed by atoms with van der Waals surface area (Å²) in [6, 6.07) is 2.40. The molecule has 3 aromatic heterocycles. The third-order valence-electron chi connectivity index (χ3n) is 4.26. The van der Waals surface area contributed by atoms with Gasteiger partial charge in [-0.2, -0.15) is 23.4 Å². The second-order valence-electron chi connectivity index (χ2n) is 6.51. The molecule has 0 bridgehead atoms. The van der Waals surface area contributed by atoms with Gasteiger partial charge in [0.2, 0.25) is 0 Å². The zero-order valence-corrected chi connectivity index (χ0v) is 15.8. The van der Waals surface area contributed by atoms with Gasteiger partial charge in [0, 0.05) is 24.8 Å². The van der Waals surface area contributed by atoms with Crippen LogP contribution in [0.4, 0.5) is 30.7 Å². The van der Waals surface area contributed by atoms with E-state index in [1.165, 1.54) is 6.92 Å². The van der Waals surface area contributed by atoms with Crippen molar-refractivity contribution in [3.8, 4) is 0 Å². The van der Waals surface area contributed by atoms with Crippen molar-refractivity contribution >= 4 is 11.6 Å². The number of amides is 1. The third-order valence-corrected chi connectivity index (χ3v) is 4.26. The number of nitrogens with zero attached hydrogens (tertiary/aromatic N) is 5. The monoisotopic (exact) mass is 452 g/mol. The number of hydrogen-bond acceptors (Lipinski definition) is 4. The highest BCUT2D eigenvalue weighted by atomic mass is 19.4. The van der Waals surface area contributed by atoms with E-state index >= 15 is 0 Å². The van der Waals surface area contributed by atoms with E-state index in [0.717, 1.165) is 16.8 Å². The zero-order valence-electron chi connectivity index (χ0n) is 15.8. The molecule has 1 amide bonds. The number of carbonyl (C=O) groups excluding carboxylic acids is 1. The van der Waals surface area contributed by atoms with E-state index in [1.807, 2.05) is 0 Å². The molecule has 3 rings (SSSR count). The van der Waals surface area contributed by atoms with Gasteiger partial charge >= 0.3 is 6.18 Å². The minimum absolute atomic E-state index is 0.0186. The van der Waals surface area contributed by atoms with E-state index in [-0.39, 0.29) is 30.9 Å². The SMILES string of the molecule is Cc1cc(C(F)(F)F)nn1CCCNC(=O)c1cc2nc(C(F)F)cc(C(F)F)n2n1. The molecule has 0 saturated heterocycles. The predicted octanol–water partition coefficient (Wildman–Crippen LogP) is 3.95. The fourth-order valence-electron chi connectivity index (χ4n) is 2.79. The Kier molecular flexibility index (Phi) is 6.18. The molecule has 0 unspecified atom stereocenters. The summed E-state index contributed by atoms with van der Waals surface area (Å²) in [7, 11) is 0. The maximum absolute atomic E-state index is 13.2. The quantitative estimate of drug-likeness (QED) is 0.435. The third kappa shape index (κ3) is 4.94. The number of rotatable bonds is 7. The van der Waals surface area contributed by atoms with Crippen LogP contribution in [0.2, 0.25) is 0 Å². The van der Waals surface area contributed by atoms with Crippen LogP contribution in [-0.2, 0) is 12.7 Å². The Bertz CT molecular complexity index is 1090. The molecule has 0 aliphatic heterocycles. The minimum atomic E-state index is -4.57. The smallest absolute Gasteiger partial charge is 0.351 e. The molecule has 0 spiro atoms. The Morgan fingerprint density at radius 2 is 1.81 bits per heavy atom. The lowest BCUT2D eigenvalue weighted by molar-refractivity contribution is -0.141. The van der Waals surface area contributed by atoms with Crippen LogP contribution < -0.4 is 5.32 Å². The minimum Gasteiger partial charge on any atom is -0.351 e. The van der Waals surface area contributed by atoms with Gasteiger partial charge in [-0.15, -0.1) is 0 Å². The lowest BCUT2D eigenvalue weighted by Crippen LogP contribution is -2.26. The second kappa shape index (κ2) is 8.51. The van der Waals surface area contributed by atoms with Crippen LogP contribution in [-0.4, -0.2) is 36.8 Å². The molecule has 14 heteroatoms. The van der Waals surface area contributed by atoms with Crippen LogP contribution in [0.1, 0.15) is 52.5 Å². The maximum Gasteiger partial charge on any atom is 0.435 e. The molecule has 0 fully saturated rings. The van der Waals surface area contributed by atoms with Gasteiger partial charge in [0.05, 0.1) is 0 Å². The number of alkyl halides is 7. The van der Waals surface area contributed by atoms with Gasteiger partial charge in [0.25, 0.3) is 18.8 Å². The summed E-state index contributed by atoms with van der Waals surface area (Å²) < 4.78 is 91.8. The number of halogens is 7. The molecule has 3 aromatic rings. The van der Waals surface area contributed by atoms with Crippen molar-refractivity contribution in [1.29, 1.82) is 0 Å². The molecule has 0 radical (unpaired) electrons. The highest BCUT2D eigenvalue weighted by molar-refractivity contribution is 5.93. The van der Waals surface area contributed by atoms with Crippen molar-refractivity contribution in [1.82, 2.24) is 29.7 Å². The standard InChI is InChI=1S/C17H15F7N6O/c1-8-5-12(17(22,23)24)28-29(8)4-2-3-25-16(31)10-7-13-26-9(14(18)19)6-11(15(20)21)30(13)27-10/h5-7,14-15H,2-4H2,1H3,(H,25,31). The molecular formula is C17H15F7N6O. The van der Waals surface area contributed by atoms with Crippen molar-refractivity contribution in [2.75, 3.05) is 6.54 Å². The van der Waals surface area contributed by atoms with Gasteiger partial charge < -0.3 is 5.32 Å². The number of nitrogens with one attached hydrogen (secondary N) is 1. The summed E-state index contributed by atoms with van der Waals surface area (Å²) in [5.41, 5.74) is -3.11. The molecule has 0 atom stereocenters. The summed E-state index contributed by atoms with van der Waals surface area (Å²) in [5.74, 6) is -0.780. The zero-order chi connectivity index (χ0) is 22.9. The van der Waals surface area contributed by atoms with Crippen LogP contribution in [0.25, 0.3) is 5.65 Å². The van der Waals surface area contributed by atoms with Gasteiger partial charge in [0.15, 0.2) is 17.0 Å². The number of aryl methyl sites for hydroxylation is 2. The lowest BCUT2D eigenvalue weighted by Gasteiger charge is -2.06. The average molecular weight is 452 g/mol. The van der Waals surface area contributed by atoms with E-state index < -0.39 is 42.0 Å². The number of hydrogen-bond donors (Lipinski definition) is 1. The van der Waals surface area contributed by atoms with Crippen LogP contribution in [0.15, 0.2) is 18.2 Å². The van der Waals surface area contributed by atoms with E-state index in [1.54, 1.807) is 0 Å². The van der Waals surface area contributed by atoms with Gasteiger partial charge in [-0.3, -0.25) is 9.48 Å². The van der Waals surface area contributed by atoms with E-state index in [0.29, 0.717) is 16.3 Å². The topological polar surface area (TPSA) is 77.1 Å². The Morgan fingerprint density at radius 1 is 1.10 bits per heavy atom. The first-order chi connectivity index (χ1) is 14.5. The summed E-state index contributed by atoms with van der Waals surface area (Å²) in [6.45, 7) is 1.56. The first kappa shape index (κ1) is 22.5. The Balaban J connectivity index is 1.66. The largest absolute Gasteiger partial charge is 0.435 e. The van der Waals surface area contributed by atoms with Crippen molar-refractivity contribution in [2.24, 2.45) is 0 Å². The second-order valence-corrected chi connectivity index (χ2v) is 6.51. The summed E-state index contributed by atoms with van der Waals surface area (Å²) >= 11 is 0. The Morgan fingerprint density at radius 3 is 2.39 bits per heavy atom. The van der Waals surface area contributed by atoms with Crippen molar-refractivity contribution in [3.05, 3.63) is 46.7 Å². The molecule has 0 aliphatic carbocycles. The number of carbonyl (C=O) groups is 1. The van der Waals surface area contributed by atoms with E-state index in [4.69, 9.17) is 0 Å². The van der Waals surface area contributed by atoms with E-state index in [9.17, 15) is 35.5 Å². The van der Waals surface area contributed by atoms with E-state index in [2.05, 4.69) is 20.5 Å². The normalized spacial score (nSPS) is 12.3. The van der Waals surface area contributed by atoms with Crippen molar-refractivity contribution in [2.45, 2.75) is 38.9 Å². The fourth-order valence-corrected chi connectivity index (χ4v) is 2.79. The first-order valence-corrected chi connectivity index (χ1v) is 8.84. The highest BCUT2D eigenvalue weighted by Crippen LogP contribution is 2.28. The van der Waals surface area contributed by atoms with Gasteiger partial charge in [-0.1, -0.05) is 0 Å². The van der Waals surface area contributed by atoms with Crippen LogP contribution >= 0.6 is 0 Å².